The van der Waals surface area contributed by atoms with Crippen LogP contribution in [0.4, 0.5) is 11.6 Å². The van der Waals surface area contributed by atoms with Gasteiger partial charge in [0.15, 0.2) is 0 Å². The molecule has 2 aliphatic rings. The van der Waals surface area contributed by atoms with Gasteiger partial charge in [-0.25, -0.2) is 9.97 Å². The number of anilines is 2. The predicted octanol–water partition coefficient (Wildman–Crippen LogP) is 2.34. The van der Waals surface area contributed by atoms with Gasteiger partial charge < -0.3 is 19.9 Å². The second-order valence-corrected chi connectivity index (χ2v) is 7.43. The summed E-state index contributed by atoms with van der Waals surface area (Å²) in [7, 11) is 0. The first-order valence-corrected chi connectivity index (χ1v) is 9.97. The molecule has 28 heavy (non-hydrogen) atoms. The molecule has 1 N–H and O–H groups in total. The lowest BCUT2D eigenvalue weighted by atomic mass is 10.2. The van der Waals surface area contributed by atoms with Gasteiger partial charge in [0.1, 0.15) is 0 Å². The number of nitrogens with zero attached hydrogens (tertiary/aromatic N) is 4. The fourth-order valence-corrected chi connectivity index (χ4v) is 3.72. The quantitative estimate of drug-likeness (QED) is 0.857. The van der Waals surface area contributed by atoms with E-state index in [2.05, 4.69) is 51.4 Å². The Balaban J connectivity index is 1.29. The Morgan fingerprint density at radius 3 is 2.68 bits per heavy atom. The fraction of sp³-hybridized carbons (Fsp3) is 0.476. The third-order valence-electron chi connectivity index (χ3n) is 5.34. The normalized spacial score (nSPS) is 19.7. The van der Waals surface area contributed by atoms with Crippen LogP contribution >= 0.6 is 0 Å². The zero-order chi connectivity index (χ0) is 19.3. The maximum Gasteiger partial charge on any atom is 0.257 e. The maximum absolute atomic E-state index is 12.8. The van der Waals surface area contributed by atoms with Crippen molar-refractivity contribution in [1.29, 1.82) is 0 Å². The van der Waals surface area contributed by atoms with E-state index in [0.29, 0.717) is 31.1 Å². The van der Waals surface area contributed by atoms with Crippen LogP contribution < -0.4 is 10.2 Å². The van der Waals surface area contributed by atoms with Crippen LogP contribution in [-0.4, -0.2) is 66.2 Å². The van der Waals surface area contributed by atoms with Crippen LogP contribution in [0.3, 0.4) is 0 Å². The van der Waals surface area contributed by atoms with E-state index in [0.717, 1.165) is 32.5 Å². The summed E-state index contributed by atoms with van der Waals surface area (Å²) in [6, 6.07) is 8.49. The molecule has 148 valence electrons. The molecule has 7 heteroatoms. The minimum absolute atomic E-state index is 0.00503. The Morgan fingerprint density at radius 2 is 2.00 bits per heavy atom. The molecule has 1 aromatic carbocycles. The van der Waals surface area contributed by atoms with Gasteiger partial charge in [0.25, 0.3) is 5.91 Å². The number of carbonyl (C=O) groups excluding carboxylic acids is 1. The summed E-state index contributed by atoms with van der Waals surface area (Å²) in [4.78, 5) is 25.6. The molecule has 0 spiro atoms. The topological polar surface area (TPSA) is 70.6 Å². The zero-order valence-corrected chi connectivity index (χ0v) is 16.3. The number of rotatable bonds is 5. The minimum atomic E-state index is -0.00503. The highest BCUT2D eigenvalue weighted by molar-refractivity contribution is 5.93. The number of carbonyl (C=O) groups is 1. The first kappa shape index (κ1) is 18.7. The molecule has 7 nitrogen and oxygen atoms in total. The number of hydrogen-bond acceptors (Lipinski definition) is 6. The third-order valence-corrected chi connectivity index (χ3v) is 5.34. The molecule has 2 aromatic rings. The number of hydrogen-bond donors (Lipinski definition) is 1. The third kappa shape index (κ3) is 4.42. The molecule has 0 bridgehead atoms. The van der Waals surface area contributed by atoms with Crippen molar-refractivity contribution >= 4 is 17.5 Å². The highest BCUT2D eigenvalue weighted by Gasteiger charge is 2.23. The summed E-state index contributed by atoms with van der Waals surface area (Å²) in [6.45, 7) is 6.69. The largest absolute Gasteiger partial charge is 0.376 e. The summed E-state index contributed by atoms with van der Waals surface area (Å²) in [5.41, 5.74) is 3.00. The van der Waals surface area contributed by atoms with E-state index in [1.165, 1.54) is 11.3 Å². The van der Waals surface area contributed by atoms with Gasteiger partial charge in [0, 0.05) is 57.4 Å². The number of amides is 1. The van der Waals surface area contributed by atoms with Crippen LogP contribution in [0, 0.1) is 6.92 Å². The van der Waals surface area contributed by atoms with Crippen LogP contribution in [0.25, 0.3) is 0 Å². The van der Waals surface area contributed by atoms with E-state index < -0.39 is 0 Å². The second kappa shape index (κ2) is 8.56. The summed E-state index contributed by atoms with van der Waals surface area (Å²) in [5, 5.41) is 3.18. The van der Waals surface area contributed by atoms with Gasteiger partial charge in [-0.2, -0.15) is 0 Å². The van der Waals surface area contributed by atoms with Gasteiger partial charge in [-0.05, 0) is 37.5 Å². The van der Waals surface area contributed by atoms with Gasteiger partial charge in [-0.3, -0.25) is 4.79 Å². The maximum atomic E-state index is 12.8. The number of ether oxygens (including phenoxy) is 1. The number of aryl methyl sites for hydroxylation is 1. The molecule has 4 rings (SSSR count). The van der Waals surface area contributed by atoms with E-state index in [1.54, 1.807) is 12.4 Å². The summed E-state index contributed by atoms with van der Waals surface area (Å²) in [6.07, 6.45) is 5.63. The van der Waals surface area contributed by atoms with E-state index in [4.69, 9.17) is 4.74 Å². The molecule has 2 saturated heterocycles. The first-order valence-electron chi connectivity index (χ1n) is 9.97. The minimum Gasteiger partial charge on any atom is -0.376 e. The number of aromatic nitrogens is 2. The van der Waals surface area contributed by atoms with Crippen molar-refractivity contribution in [2.75, 3.05) is 49.5 Å². The average Bonchev–Trinajstić information content (AvgIpc) is 3.26. The van der Waals surface area contributed by atoms with Gasteiger partial charge in [-0.15, -0.1) is 0 Å². The molecular formula is C21H27N5O2. The van der Waals surface area contributed by atoms with Crippen molar-refractivity contribution in [1.82, 2.24) is 14.9 Å². The molecule has 1 amide bonds. The smallest absolute Gasteiger partial charge is 0.257 e. The predicted molar refractivity (Wildman–Crippen MR) is 109 cm³/mol. The molecule has 0 radical (unpaired) electrons. The summed E-state index contributed by atoms with van der Waals surface area (Å²) < 4.78 is 5.58. The number of piperazine rings is 1. The fourth-order valence-electron chi connectivity index (χ4n) is 3.72. The molecule has 1 aromatic heterocycles. The van der Waals surface area contributed by atoms with E-state index >= 15 is 0 Å². The van der Waals surface area contributed by atoms with Crippen molar-refractivity contribution in [2.45, 2.75) is 25.9 Å². The molecule has 0 saturated carbocycles. The second-order valence-electron chi connectivity index (χ2n) is 7.43. The Morgan fingerprint density at radius 1 is 1.21 bits per heavy atom. The van der Waals surface area contributed by atoms with E-state index in [1.807, 2.05) is 4.90 Å². The highest BCUT2D eigenvalue weighted by Crippen LogP contribution is 2.19. The van der Waals surface area contributed by atoms with Crippen molar-refractivity contribution in [3.63, 3.8) is 0 Å². The van der Waals surface area contributed by atoms with Crippen LogP contribution in [0.2, 0.25) is 0 Å². The number of benzene rings is 1. The van der Waals surface area contributed by atoms with E-state index in [-0.39, 0.29) is 12.0 Å². The average molecular weight is 381 g/mol. The Kier molecular flexibility index (Phi) is 5.71. The molecule has 2 aliphatic heterocycles. The molecule has 1 unspecified atom stereocenters. The summed E-state index contributed by atoms with van der Waals surface area (Å²) >= 11 is 0. The molecular weight excluding hydrogens is 354 g/mol. The standard InChI is InChI=1S/C21H27N5O2/c1-16-4-2-5-18(12-16)25-7-9-26(10-8-25)20(27)17-13-22-21(23-14-17)24-15-19-6-3-11-28-19/h2,4-5,12-14,19H,3,6-11,15H2,1H3,(H,22,23,24). The Bertz CT molecular complexity index is 797. The Labute approximate surface area is 165 Å². The molecule has 1 atom stereocenters. The van der Waals surface area contributed by atoms with Crippen LogP contribution in [0.1, 0.15) is 28.8 Å². The highest BCUT2D eigenvalue weighted by atomic mass is 16.5. The molecule has 3 heterocycles. The zero-order valence-electron chi connectivity index (χ0n) is 16.3. The molecule has 0 aliphatic carbocycles. The van der Waals surface area contributed by atoms with Crippen LogP contribution in [-0.2, 0) is 4.74 Å². The van der Waals surface area contributed by atoms with Crippen molar-refractivity contribution in [3.05, 3.63) is 47.8 Å². The summed E-state index contributed by atoms with van der Waals surface area (Å²) in [5.74, 6) is 0.533. The van der Waals surface area contributed by atoms with Crippen molar-refractivity contribution in [3.8, 4) is 0 Å². The van der Waals surface area contributed by atoms with Gasteiger partial charge in [-0.1, -0.05) is 12.1 Å². The molecule has 2 fully saturated rings. The lowest BCUT2D eigenvalue weighted by Crippen LogP contribution is -2.48. The lowest BCUT2D eigenvalue weighted by molar-refractivity contribution is 0.0746. The number of nitrogens with one attached hydrogen (secondary N) is 1. The Hall–Kier alpha value is -2.67. The van der Waals surface area contributed by atoms with Gasteiger partial charge >= 0.3 is 0 Å². The monoisotopic (exact) mass is 381 g/mol. The lowest BCUT2D eigenvalue weighted by Gasteiger charge is -2.36. The van der Waals surface area contributed by atoms with Crippen LogP contribution in [0.15, 0.2) is 36.7 Å². The first-order chi connectivity index (χ1) is 13.7. The van der Waals surface area contributed by atoms with Gasteiger partial charge in [0.05, 0.1) is 11.7 Å². The van der Waals surface area contributed by atoms with Crippen molar-refractivity contribution in [2.24, 2.45) is 0 Å². The van der Waals surface area contributed by atoms with Gasteiger partial charge in [0.2, 0.25) is 5.95 Å². The van der Waals surface area contributed by atoms with Crippen LogP contribution in [0.5, 0.6) is 0 Å². The van der Waals surface area contributed by atoms with E-state index in [9.17, 15) is 4.79 Å². The van der Waals surface area contributed by atoms with Crippen molar-refractivity contribution < 1.29 is 9.53 Å². The SMILES string of the molecule is Cc1cccc(N2CCN(C(=O)c3cnc(NCC4CCCO4)nc3)CC2)c1.